The highest BCUT2D eigenvalue weighted by molar-refractivity contribution is 7.99. The molecule has 1 saturated carbocycles. The summed E-state index contributed by atoms with van der Waals surface area (Å²) in [5, 5.41) is 4.58. The predicted molar refractivity (Wildman–Crippen MR) is 92.1 cm³/mol. The minimum atomic E-state index is 0.124. The van der Waals surface area contributed by atoms with Crippen LogP contribution < -0.4 is 5.32 Å². The Balaban J connectivity index is 1.56. The van der Waals surface area contributed by atoms with Gasteiger partial charge >= 0.3 is 0 Å². The average molecular weight is 326 g/mol. The molecule has 2 rings (SSSR count). The van der Waals surface area contributed by atoms with Crippen molar-refractivity contribution in [3.8, 4) is 0 Å². The van der Waals surface area contributed by atoms with Gasteiger partial charge in [-0.1, -0.05) is 49.1 Å². The number of carbonyl (C=O) groups excluding carboxylic acids is 1. The Bertz CT molecular complexity index is 446. The molecule has 0 radical (unpaired) electrons. The summed E-state index contributed by atoms with van der Waals surface area (Å²) < 4.78 is 0. The molecule has 1 amide bonds. The summed E-state index contributed by atoms with van der Waals surface area (Å²) in [6.07, 6.45) is 8.08. The van der Waals surface area contributed by atoms with Gasteiger partial charge < -0.3 is 5.32 Å². The molecule has 1 fully saturated rings. The average Bonchev–Trinajstić information content (AvgIpc) is 2.52. The quantitative estimate of drug-likeness (QED) is 0.750. The van der Waals surface area contributed by atoms with E-state index in [1.807, 2.05) is 36.0 Å². The zero-order valence-electron chi connectivity index (χ0n) is 12.4. The summed E-state index contributed by atoms with van der Waals surface area (Å²) >= 11 is 8.11. The number of hydrogen-bond acceptors (Lipinski definition) is 2. The van der Waals surface area contributed by atoms with E-state index in [2.05, 4.69) is 5.32 Å². The minimum Gasteiger partial charge on any atom is -0.355 e. The predicted octanol–water partition coefficient (Wildman–Crippen LogP) is 4.45. The number of nitrogens with one attached hydrogen (secondary N) is 1. The van der Waals surface area contributed by atoms with Gasteiger partial charge in [0.2, 0.25) is 5.91 Å². The number of carbonyl (C=O) groups is 1. The van der Waals surface area contributed by atoms with E-state index in [-0.39, 0.29) is 5.91 Å². The van der Waals surface area contributed by atoms with Gasteiger partial charge in [-0.3, -0.25) is 4.79 Å². The van der Waals surface area contributed by atoms with E-state index < -0.39 is 0 Å². The molecule has 1 aliphatic rings. The molecule has 1 N–H and O–H groups in total. The third kappa shape index (κ3) is 6.31. The van der Waals surface area contributed by atoms with Gasteiger partial charge in [0, 0.05) is 29.0 Å². The summed E-state index contributed by atoms with van der Waals surface area (Å²) in [5.41, 5.74) is 1.05. The molecule has 0 saturated heterocycles. The molecule has 116 valence electrons. The molecule has 0 atom stereocenters. The van der Waals surface area contributed by atoms with Gasteiger partial charge in [0.05, 0.1) is 0 Å². The summed E-state index contributed by atoms with van der Waals surface area (Å²) in [6, 6.07) is 7.72. The number of amides is 1. The van der Waals surface area contributed by atoms with Gasteiger partial charge in [0.25, 0.3) is 0 Å². The van der Waals surface area contributed by atoms with Crippen LogP contribution >= 0.6 is 23.4 Å². The Morgan fingerprint density at radius 2 is 2.00 bits per heavy atom. The van der Waals surface area contributed by atoms with Gasteiger partial charge in [0.15, 0.2) is 0 Å². The summed E-state index contributed by atoms with van der Waals surface area (Å²) in [5.74, 6) is 1.15. The largest absolute Gasteiger partial charge is 0.355 e. The number of halogens is 1. The first-order valence-corrected chi connectivity index (χ1v) is 9.30. The summed E-state index contributed by atoms with van der Waals surface area (Å²) in [6.45, 7) is 0.780. The molecular weight excluding hydrogens is 302 g/mol. The lowest BCUT2D eigenvalue weighted by molar-refractivity contribution is -0.120. The van der Waals surface area contributed by atoms with Gasteiger partial charge in [-0.25, -0.2) is 0 Å². The van der Waals surface area contributed by atoms with Gasteiger partial charge in [-0.15, -0.1) is 0 Å². The smallest absolute Gasteiger partial charge is 0.220 e. The Labute approximate surface area is 137 Å². The van der Waals surface area contributed by atoms with Crippen LogP contribution in [0.15, 0.2) is 24.3 Å². The van der Waals surface area contributed by atoms with E-state index in [1.54, 1.807) is 0 Å². The summed E-state index contributed by atoms with van der Waals surface area (Å²) in [7, 11) is 0. The molecule has 0 aliphatic heterocycles. The first-order valence-electron chi connectivity index (χ1n) is 7.87. The van der Waals surface area contributed by atoms with Gasteiger partial charge in [-0.2, -0.15) is 11.8 Å². The zero-order valence-corrected chi connectivity index (χ0v) is 14.0. The highest BCUT2D eigenvalue weighted by atomic mass is 35.5. The lowest BCUT2D eigenvalue weighted by atomic mass is 10.0. The third-order valence-electron chi connectivity index (χ3n) is 3.91. The number of aryl methyl sites for hydroxylation is 1. The fraction of sp³-hybridized carbons (Fsp3) is 0.588. The SMILES string of the molecule is O=C(CCc1ccccc1Cl)NCCSC1CCCCC1. The van der Waals surface area contributed by atoms with Crippen LogP contribution in [0.5, 0.6) is 0 Å². The van der Waals surface area contributed by atoms with Crippen molar-refractivity contribution in [1.82, 2.24) is 5.32 Å². The Morgan fingerprint density at radius 1 is 1.24 bits per heavy atom. The lowest BCUT2D eigenvalue weighted by Gasteiger charge is -2.20. The Morgan fingerprint density at radius 3 is 2.76 bits per heavy atom. The zero-order chi connectivity index (χ0) is 14.9. The van der Waals surface area contributed by atoms with E-state index in [9.17, 15) is 4.79 Å². The van der Waals surface area contributed by atoms with Crippen molar-refractivity contribution in [3.63, 3.8) is 0 Å². The lowest BCUT2D eigenvalue weighted by Crippen LogP contribution is -2.26. The molecule has 1 aliphatic carbocycles. The second kappa shape index (κ2) is 9.37. The topological polar surface area (TPSA) is 29.1 Å². The van der Waals surface area contributed by atoms with E-state index in [1.165, 1.54) is 32.1 Å². The molecular formula is C17H24ClNOS. The normalized spacial score (nSPS) is 15.9. The fourth-order valence-electron chi connectivity index (χ4n) is 2.69. The molecule has 0 bridgehead atoms. The third-order valence-corrected chi connectivity index (χ3v) is 5.66. The van der Waals surface area contributed by atoms with Crippen molar-refractivity contribution in [2.24, 2.45) is 0 Å². The molecule has 21 heavy (non-hydrogen) atoms. The van der Waals surface area contributed by atoms with Gasteiger partial charge in [-0.05, 0) is 30.9 Å². The standard InChI is InChI=1S/C17H24ClNOS/c18-16-9-5-4-6-14(16)10-11-17(20)19-12-13-21-15-7-2-1-3-8-15/h4-6,9,15H,1-3,7-8,10-13H2,(H,19,20). The first-order chi connectivity index (χ1) is 10.3. The fourth-order valence-corrected chi connectivity index (χ4v) is 4.14. The molecule has 1 aromatic rings. The van der Waals surface area contributed by atoms with E-state index in [0.29, 0.717) is 12.8 Å². The van der Waals surface area contributed by atoms with Crippen molar-refractivity contribution in [2.75, 3.05) is 12.3 Å². The molecule has 0 spiro atoms. The maximum Gasteiger partial charge on any atom is 0.220 e. The van der Waals surface area contributed by atoms with E-state index in [0.717, 1.165) is 28.1 Å². The van der Waals surface area contributed by atoms with E-state index in [4.69, 9.17) is 11.6 Å². The summed E-state index contributed by atoms with van der Waals surface area (Å²) in [4.78, 5) is 11.8. The second-order valence-corrected chi connectivity index (χ2v) is 7.39. The monoisotopic (exact) mass is 325 g/mol. The van der Waals surface area contributed by atoms with Crippen molar-refractivity contribution in [1.29, 1.82) is 0 Å². The van der Waals surface area contributed by atoms with Crippen molar-refractivity contribution in [2.45, 2.75) is 50.2 Å². The van der Waals surface area contributed by atoms with Crippen LogP contribution in [0.4, 0.5) is 0 Å². The number of rotatable bonds is 7. The maximum absolute atomic E-state index is 11.8. The van der Waals surface area contributed by atoms with Crippen molar-refractivity contribution >= 4 is 29.3 Å². The molecule has 4 heteroatoms. The highest BCUT2D eigenvalue weighted by Crippen LogP contribution is 2.27. The van der Waals surface area contributed by atoms with Gasteiger partial charge in [0.1, 0.15) is 0 Å². The van der Waals surface area contributed by atoms with Crippen LogP contribution in [0.2, 0.25) is 5.02 Å². The van der Waals surface area contributed by atoms with Crippen LogP contribution in [-0.4, -0.2) is 23.5 Å². The van der Waals surface area contributed by atoms with Crippen LogP contribution in [0.3, 0.4) is 0 Å². The minimum absolute atomic E-state index is 0.124. The Hall–Kier alpha value is -0.670. The molecule has 1 aromatic carbocycles. The van der Waals surface area contributed by atoms with Crippen LogP contribution in [0, 0.1) is 0 Å². The maximum atomic E-state index is 11.8. The van der Waals surface area contributed by atoms with Crippen molar-refractivity contribution < 1.29 is 4.79 Å². The van der Waals surface area contributed by atoms with Crippen LogP contribution in [0.1, 0.15) is 44.1 Å². The van der Waals surface area contributed by atoms with E-state index >= 15 is 0 Å². The van der Waals surface area contributed by atoms with Crippen LogP contribution in [0.25, 0.3) is 0 Å². The highest BCUT2D eigenvalue weighted by Gasteiger charge is 2.13. The number of hydrogen-bond donors (Lipinski definition) is 1. The van der Waals surface area contributed by atoms with Crippen LogP contribution in [-0.2, 0) is 11.2 Å². The molecule has 2 nitrogen and oxygen atoms in total. The number of thioether (sulfide) groups is 1. The molecule has 0 aromatic heterocycles. The molecule has 0 heterocycles. The second-order valence-electron chi connectivity index (χ2n) is 5.57. The van der Waals surface area contributed by atoms with Crippen molar-refractivity contribution in [3.05, 3.63) is 34.9 Å². The Kier molecular flexibility index (Phi) is 7.45. The molecule has 0 unspecified atom stereocenters. The number of benzene rings is 1. The first kappa shape index (κ1) is 16.7.